The van der Waals surface area contributed by atoms with Crippen molar-refractivity contribution in [1.82, 2.24) is 4.98 Å². The van der Waals surface area contributed by atoms with Crippen molar-refractivity contribution in [2.75, 3.05) is 0 Å². The fourth-order valence-electron chi connectivity index (χ4n) is 4.00. The fourth-order valence-corrected chi connectivity index (χ4v) is 4.13. The number of primary amides is 1. The van der Waals surface area contributed by atoms with Crippen molar-refractivity contribution < 1.29 is 32.3 Å². The van der Waals surface area contributed by atoms with Crippen molar-refractivity contribution in [2.45, 2.75) is 39.3 Å². The van der Waals surface area contributed by atoms with E-state index >= 15 is 0 Å². The maximum absolute atomic E-state index is 12.7. The van der Waals surface area contributed by atoms with Crippen LogP contribution in [-0.4, -0.2) is 28.1 Å². The summed E-state index contributed by atoms with van der Waals surface area (Å²) < 4.78 is 43.9. The third-order valence-corrected chi connectivity index (χ3v) is 6.81. The van der Waals surface area contributed by atoms with Crippen LogP contribution < -0.4 is 5.73 Å². The first kappa shape index (κ1) is 33.9. The number of carboxylic acids is 1. The number of halogens is 4. The molecule has 230 valence electrons. The van der Waals surface area contributed by atoms with Gasteiger partial charge in [-0.15, -0.1) is 0 Å². The van der Waals surface area contributed by atoms with Gasteiger partial charge in [0.1, 0.15) is 0 Å². The van der Waals surface area contributed by atoms with Crippen LogP contribution in [-0.2, 0) is 11.2 Å². The summed E-state index contributed by atoms with van der Waals surface area (Å²) in [5.41, 5.74) is 9.67. The normalized spacial score (nSPS) is 12.5. The number of oxazole rings is 1. The van der Waals surface area contributed by atoms with Crippen LogP contribution in [0.5, 0.6) is 0 Å². The van der Waals surface area contributed by atoms with Crippen LogP contribution in [0, 0.1) is 5.92 Å². The van der Waals surface area contributed by atoms with E-state index in [-0.39, 0.29) is 30.2 Å². The molecule has 4 rings (SSSR count). The number of nitrogens with two attached hydrogens (primary N) is 1. The fraction of sp³-hybridized carbons (Fsp3) is 0.206. The Morgan fingerprint density at radius 3 is 2.11 bits per heavy atom. The highest BCUT2D eigenvalue weighted by atomic mass is 35.5. The average molecular weight is 625 g/mol. The maximum Gasteiger partial charge on any atom is 0.394 e. The van der Waals surface area contributed by atoms with E-state index in [1.807, 2.05) is 54.6 Å². The number of amides is 1. The molecular formula is C34H32ClF3N2O4. The summed E-state index contributed by atoms with van der Waals surface area (Å²) in [5.74, 6) is -2.72. The molecule has 10 heteroatoms. The molecule has 1 unspecified atom stereocenters. The summed E-state index contributed by atoms with van der Waals surface area (Å²) in [6.45, 7) is 2.80. The predicted molar refractivity (Wildman–Crippen MR) is 166 cm³/mol. The van der Waals surface area contributed by atoms with Crippen molar-refractivity contribution in [3.63, 3.8) is 0 Å². The van der Waals surface area contributed by atoms with Gasteiger partial charge in [-0.25, -0.2) is 4.98 Å². The molecule has 0 fully saturated rings. The van der Waals surface area contributed by atoms with Gasteiger partial charge in [0.2, 0.25) is 5.89 Å². The van der Waals surface area contributed by atoms with Gasteiger partial charge in [0.05, 0.1) is 5.92 Å². The van der Waals surface area contributed by atoms with Crippen LogP contribution in [0.4, 0.5) is 13.2 Å². The number of aromatic nitrogens is 1. The Balaban J connectivity index is 0.000000369. The second-order valence-electron chi connectivity index (χ2n) is 9.80. The number of alkyl halides is 3. The van der Waals surface area contributed by atoms with E-state index in [1.54, 1.807) is 37.3 Å². The van der Waals surface area contributed by atoms with E-state index < -0.39 is 24.0 Å². The number of allylic oxidation sites excluding steroid dienone is 4. The first-order valence-corrected chi connectivity index (χ1v) is 14.1. The largest absolute Gasteiger partial charge is 0.481 e. The summed E-state index contributed by atoms with van der Waals surface area (Å²) >= 11 is 5.66. The average Bonchev–Trinajstić information content (AvgIpc) is 3.45. The van der Waals surface area contributed by atoms with Crippen molar-refractivity contribution in [3.8, 4) is 22.5 Å². The minimum absolute atomic E-state index is 0.0283. The summed E-state index contributed by atoms with van der Waals surface area (Å²) in [6, 6.07) is 24.4. The van der Waals surface area contributed by atoms with Crippen LogP contribution >= 0.6 is 11.6 Å². The molecule has 0 aliphatic rings. The number of carboxylic acid groups (broad SMARTS) is 1. The van der Waals surface area contributed by atoms with Gasteiger partial charge >= 0.3 is 12.1 Å². The monoisotopic (exact) mass is 624 g/mol. The van der Waals surface area contributed by atoms with Crippen LogP contribution in [0.25, 0.3) is 28.0 Å². The zero-order chi connectivity index (χ0) is 32.3. The number of hydrogen-bond acceptors (Lipinski definition) is 4. The minimum Gasteiger partial charge on any atom is -0.481 e. The van der Waals surface area contributed by atoms with Crippen molar-refractivity contribution in [2.24, 2.45) is 11.7 Å². The number of benzene rings is 3. The van der Waals surface area contributed by atoms with E-state index in [0.717, 1.165) is 29.7 Å². The lowest BCUT2D eigenvalue weighted by Crippen LogP contribution is -2.17. The highest BCUT2D eigenvalue weighted by Gasteiger charge is 2.33. The highest BCUT2D eigenvalue weighted by molar-refractivity contribution is 6.30. The van der Waals surface area contributed by atoms with Crippen LogP contribution in [0.3, 0.4) is 0 Å². The second kappa shape index (κ2) is 15.7. The Morgan fingerprint density at radius 1 is 0.977 bits per heavy atom. The number of aliphatic carboxylic acids is 1. The molecule has 0 saturated heterocycles. The SMILES string of the molecule is C/C=C(\C/C=C\C(C)C(F)(F)F)c1nc(C(N)=O)c(-c2ccc(-c3ccccc3)cc2)o1.O=C(O)CCc1ccc(Cl)cc1. The molecule has 1 heterocycles. The summed E-state index contributed by atoms with van der Waals surface area (Å²) in [7, 11) is 0. The Hall–Kier alpha value is -4.63. The predicted octanol–water partition coefficient (Wildman–Crippen LogP) is 9.01. The molecular weight excluding hydrogens is 593 g/mol. The summed E-state index contributed by atoms with van der Waals surface area (Å²) in [4.78, 5) is 26.4. The Bertz CT molecular complexity index is 1590. The molecule has 0 aliphatic heterocycles. The lowest BCUT2D eigenvalue weighted by Gasteiger charge is -2.10. The molecule has 1 amide bonds. The van der Waals surface area contributed by atoms with E-state index in [4.69, 9.17) is 26.9 Å². The molecule has 0 saturated carbocycles. The second-order valence-corrected chi connectivity index (χ2v) is 10.2. The van der Waals surface area contributed by atoms with E-state index in [1.165, 1.54) is 6.08 Å². The number of carbonyl (C=O) groups excluding carboxylic acids is 1. The first-order valence-electron chi connectivity index (χ1n) is 13.7. The van der Waals surface area contributed by atoms with E-state index in [0.29, 0.717) is 22.6 Å². The minimum atomic E-state index is -4.30. The van der Waals surface area contributed by atoms with Crippen LogP contribution in [0.2, 0.25) is 5.02 Å². The van der Waals surface area contributed by atoms with Gasteiger partial charge in [-0.05, 0) is 48.6 Å². The molecule has 0 bridgehead atoms. The molecule has 0 radical (unpaired) electrons. The van der Waals surface area contributed by atoms with Gasteiger partial charge in [0.25, 0.3) is 5.91 Å². The van der Waals surface area contributed by atoms with Gasteiger partial charge in [0.15, 0.2) is 11.5 Å². The number of aryl methyl sites for hydroxylation is 1. The molecule has 0 aliphatic carbocycles. The Kier molecular flexibility index (Phi) is 12.1. The van der Waals surface area contributed by atoms with Gasteiger partial charge < -0.3 is 15.3 Å². The van der Waals surface area contributed by atoms with Crippen molar-refractivity contribution in [1.29, 1.82) is 0 Å². The lowest BCUT2D eigenvalue weighted by atomic mass is 10.0. The molecule has 6 nitrogen and oxygen atoms in total. The van der Waals surface area contributed by atoms with E-state index in [2.05, 4.69) is 4.98 Å². The van der Waals surface area contributed by atoms with Crippen molar-refractivity contribution in [3.05, 3.63) is 119 Å². The summed E-state index contributed by atoms with van der Waals surface area (Å²) in [6.07, 6.45) is 0.784. The number of nitrogens with zero attached hydrogens (tertiary/aromatic N) is 1. The topological polar surface area (TPSA) is 106 Å². The molecule has 1 aromatic heterocycles. The van der Waals surface area contributed by atoms with Crippen LogP contribution in [0.15, 0.2) is 102 Å². The van der Waals surface area contributed by atoms with Gasteiger partial charge in [0, 0.05) is 22.6 Å². The quantitative estimate of drug-likeness (QED) is 0.171. The zero-order valence-electron chi connectivity index (χ0n) is 24.1. The summed E-state index contributed by atoms with van der Waals surface area (Å²) in [5, 5.41) is 9.08. The molecule has 1 atom stereocenters. The smallest absolute Gasteiger partial charge is 0.394 e. The standard InChI is InChI=1S/C25H23F3N2O2.C9H9ClO2/c1-3-17(11-7-8-16(2)25(26,27)28)24-30-21(23(29)31)22(32-24)20-14-12-19(13-15-20)18-9-5-4-6-10-18;10-8-4-1-7(2-5-8)3-6-9(11)12/h3-10,12-16H,11H2,1-2H3,(H2,29,31);1-2,4-5H,3,6H2,(H,11,12)/b8-7-,17-3+;. The van der Waals surface area contributed by atoms with Crippen LogP contribution in [0.1, 0.15) is 48.6 Å². The molecule has 0 spiro atoms. The number of carbonyl (C=O) groups is 2. The first-order chi connectivity index (χ1) is 20.9. The Morgan fingerprint density at radius 2 is 1.57 bits per heavy atom. The lowest BCUT2D eigenvalue weighted by molar-refractivity contribution is -0.156. The van der Waals surface area contributed by atoms with Gasteiger partial charge in [-0.1, -0.05) is 103 Å². The molecule has 44 heavy (non-hydrogen) atoms. The number of hydrogen-bond donors (Lipinski definition) is 2. The van der Waals surface area contributed by atoms with E-state index in [9.17, 15) is 22.8 Å². The zero-order valence-corrected chi connectivity index (χ0v) is 24.9. The number of rotatable bonds is 10. The van der Waals surface area contributed by atoms with Crippen molar-refractivity contribution >= 4 is 29.1 Å². The molecule has 3 N–H and O–H groups in total. The van der Waals surface area contributed by atoms with Gasteiger partial charge in [-0.3, -0.25) is 9.59 Å². The maximum atomic E-state index is 12.7. The Labute approximate surface area is 258 Å². The third kappa shape index (κ3) is 9.98. The van der Waals surface area contributed by atoms with Gasteiger partial charge in [-0.2, -0.15) is 13.2 Å². The molecule has 4 aromatic rings. The third-order valence-electron chi connectivity index (χ3n) is 6.56. The molecule has 3 aromatic carbocycles. The highest BCUT2D eigenvalue weighted by Crippen LogP contribution is 2.32.